The summed E-state index contributed by atoms with van der Waals surface area (Å²) < 4.78 is 76.7. The molecule has 0 N–H and O–H groups in total. The number of ether oxygens (including phenoxy) is 3. The Morgan fingerprint density at radius 1 is 0.962 bits per heavy atom. The number of thioether (sulfide) groups is 1. The molecule has 0 aliphatic carbocycles. The zero-order valence-electron chi connectivity index (χ0n) is 30.3. The van der Waals surface area contributed by atoms with E-state index in [1.807, 2.05) is 0 Å². The van der Waals surface area contributed by atoms with Gasteiger partial charge in [-0.3, -0.25) is 0 Å². The van der Waals surface area contributed by atoms with Crippen LogP contribution in [0.5, 0.6) is 5.88 Å². The molecule has 5 rings (SSSR count). The van der Waals surface area contributed by atoms with Gasteiger partial charge in [0.15, 0.2) is 16.8 Å². The maximum Gasteiger partial charge on any atom is 0.425 e. The lowest BCUT2D eigenvalue weighted by atomic mass is 10.1. The van der Waals surface area contributed by atoms with Crippen molar-refractivity contribution < 1.29 is 41.4 Å². The molecule has 0 saturated carbocycles. The highest BCUT2D eigenvalue weighted by Gasteiger charge is 2.41. The number of nitrogens with zero attached hydrogens (tertiary/aromatic N) is 8. The Bertz CT molecular complexity index is 2020. The molecule has 0 fully saturated rings. The number of pyridine rings is 2. The molecule has 0 bridgehead atoms. The number of carbonyl (C=O) groups excluding carboxylic acids is 2. The minimum absolute atomic E-state index is 0.000963. The topological polar surface area (TPSA) is 146 Å². The Kier molecular flexibility index (Phi) is 10.3. The average Bonchev–Trinajstić information content (AvgIpc) is 3.19. The van der Waals surface area contributed by atoms with Crippen LogP contribution >= 0.6 is 11.8 Å². The number of imide groups is 1. The van der Waals surface area contributed by atoms with E-state index in [2.05, 4.69) is 29.9 Å². The molecule has 0 aromatic carbocycles. The largest absolute Gasteiger partial charge is 0.475 e. The van der Waals surface area contributed by atoms with Crippen molar-refractivity contribution in [3.8, 4) is 17.3 Å². The Labute approximate surface area is 301 Å². The molecule has 0 radical (unpaired) electrons. The minimum atomic E-state index is -4.92. The van der Waals surface area contributed by atoms with Gasteiger partial charge in [-0.1, -0.05) is 17.8 Å². The lowest BCUT2D eigenvalue weighted by molar-refractivity contribution is -0.138. The van der Waals surface area contributed by atoms with Crippen molar-refractivity contribution in [3.63, 3.8) is 0 Å². The van der Waals surface area contributed by atoms with Gasteiger partial charge in [0.2, 0.25) is 5.88 Å². The highest BCUT2D eigenvalue weighted by Crippen LogP contribution is 2.44. The zero-order chi connectivity index (χ0) is 38.5. The second-order valence-electron chi connectivity index (χ2n) is 13.8. The molecule has 4 aromatic heterocycles. The number of halogens is 4. The monoisotopic (exact) mass is 746 g/mol. The smallest absolute Gasteiger partial charge is 0.425 e. The average molecular weight is 747 g/mol. The number of carbonyl (C=O) groups is 2. The standard InChI is InChI=1S/C34H38F4N8O5S/c1-16-21(34(36,37)38)24(41-18(3)40-16)25-22(35)23-20-27(44-29(43-23)52-10)45(14-15-49-28(20)42-25)17(2)19-12-11-13-39-26(19)46(30(47)50-32(4,5)6)31(48)51-33(7,8)9/h11-13,17H,14-15H2,1-10H3/t17-/m1/s1. The van der Waals surface area contributed by atoms with Crippen LogP contribution in [-0.4, -0.2) is 72.7 Å². The Hall–Kier alpha value is -4.87. The number of aromatic nitrogens is 6. The molecule has 1 aliphatic heterocycles. The summed E-state index contributed by atoms with van der Waals surface area (Å²) >= 11 is 1.08. The zero-order valence-corrected chi connectivity index (χ0v) is 31.1. The fourth-order valence-corrected chi connectivity index (χ4v) is 5.92. The van der Waals surface area contributed by atoms with Crippen LogP contribution in [0.15, 0.2) is 23.5 Å². The number of hydrogen-bond acceptors (Lipinski definition) is 13. The normalized spacial score (nSPS) is 14.1. The molecule has 1 aliphatic rings. The van der Waals surface area contributed by atoms with E-state index in [9.17, 15) is 22.8 Å². The van der Waals surface area contributed by atoms with E-state index in [1.165, 1.54) is 13.1 Å². The van der Waals surface area contributed by atoms with Crippen molar-refractivity contribution in [1.29, 1.82) is 0 Å². The number of aryl methyl sites for hydroxylation is 2. The summed E-state index contributed by atoms with van der Waals surface area (Å²) in [5.41, 5.74) is -5.03. The molecule has 2 amide bonds. The van der Waals surface area contributed by atoms with E-state index < -0.39 is 64.1 Å². The van der Waals surface area contributed by atoms with Gasteiger partial charge in [-0.05, 0) is 74.6 Å². The molecule has 52 heavy (non-hydrogen) atoms. The van der Waals surface area contributed by atoms with Gasteiger partial charge in [0.1, 0.15) is 57.3 Å². The maximum atomic E-state index is 16.6. The molecular formula is C34H38F4N8O5S. The van der Waals surface area contributed by atoms with E-state index in [0.717, 1.165) is 18.7 Å². The molecule has 0 saturated heterocycles. The number of alkyl halides is 3. The number of rotatable bonds is 5. The van der Waals surface area contributed by atoms with Crippen LogP contribution in [0.3, 0.4) is 0 Å². The van der Waals surface area contributed by atoms with E-state index in [1.54, 1.807) is 71.8 Å². The second-order valence-corrected chi connectivity index (χ2v) is 14.6. The molecule has 278 valence electrons. The van der Waals surface area contributed by atoms with Crippen LogP contribution in [0.4, 0.5) is 38.8 Å². The number of anilines is 2. The first-order valence-electron chi connectivity index (χ1n) is 16.1. The number of amides is 2. The van der Waals surface area contributed by atoms with Gasteiger partial charge in [-0.15, -0.1) is 0 Å². The summed E-state index contributed by atoms with van der Waals surface area (Å²) in [6.07, 6.45) is -3.92. The van der Waals surface area contributed by atoms with Gasteiger partial charge in [0, 0.05) is 11.8 Å². The van der Waals surface area contributed by atoms with E-state index >= 15 is 4.39 Å². The van der Waals surface area contributed by atoms with Crippen molar-refractivity contribution in [2.24, 2.45) is 0 Å². The Morgan fingerprint density at radius 2 is 1.60 bits per heavy atom. The fraction of sp³-hybridized carbons (Fsp3) is 0.471. The minimum Gasteiger partial charge on any atom is -0.475 e. The lowest BCUT2D eigenvalue weighted by Crippen LogP contribution is -2.45. The summed E-state index contributed by atoms with van der Waals surface area (Å²) in [5.74, 6) is -1.33. The third-order valence-corrected chi connectivity index (χ3v) is 8.09. The highest BCUT2D eigenvalue weighted by atomic mass is 32.2. The summed E-state index contributed by atoms with van der Waals surface area (Å²) in [4.78, 5) is 55.1. The predicted octanol–water partition coefficient (Wildman–Crippen LogP) is 8.01. The first-order valence-corrected chi connectivity index (χ1v) is 17.3. The third kappa shape index (κ3) is 7.80. The number of hydrogen-bond donors (Lipinski definition) is 0. The van der Waals surface area contributed by atoms with Crippen molar-refractivity contribution in [1.82, 2.24) is 29.9 Å². The van der Waals surface area contributed by atoms with Gasteiger partial charge in [-0.25, -0.2) is 43.9 Å². The molecule has 1 atom stereocenters. The van der Waals surface area contributed by atoms with Crippen LogP contribution in [0.2, 0.25) is 0 Å². The Balaban J connectivity index is 1.72. The molecule has 4 aromatic rings. The van der Waals surface area contributed by atoms with Gasteiger partial charge in [0.05, 0.1) is 18.3 Å². The molecular weight excluding hydrogens is 708 g/mol. The van der Waals surface area contributed by atoms with Crippen LogP contribution in [0.25, 0.3) is 22.3 Å². The van der Waals surface area contributed by atoms with Gasteiger partial charge < -0.3 is 19.1 Å². The van der Waals surface area contributed by atoms with Gasteiger partial charge >= 0.3 is 18.4 Å². The Morgan fingerprint density at radius 3 is 2.17 bits per heavy atom. The summed E-state index contributed by atoms with van der Waals surface area (Å²) in [6.45, 7) is 14.2. The molecule has 0 unspecified atom stereocenters. The fourth-order valence-electron chi connectivity index (χ4n) is 5.56. The maximum absolute atomic E-state index is 16.6. The van der Waals surface area contributed by atoms with Crippen LogP contribution in [0, 0.1) is 19.7 Å². The molecule has 18 heteroatoms. The van der Waals surface area contributed by atoms with Crippen molar-refractivity contribution in [3.05, 3.63) is 46.8 Å². The molecule has 13 nitrogen and oxygen atoms in total. The first-order chi connectivity index (χ1) is 24.1. The van der Waals surface area contributed by atoms with Crippen LogP contribution in [0.1, 0.15) is 77.2 Å². The van der Waals surface area contributed by atoms with Crippen LogP contribution in [-0.2, 0) is 15.7 Å². The first kappa shape index (κ1) is 38.4. The van der Waals surface area contributed by atoms with Gasteiger partial charge in [0.25, 0.3) is 0 Å². The quantitative estimate of drug-likeness (QED) is 0.111. The summed E-state index contributed by atoms with van der Waals surface area (Å²) in [6, 6.07) is 2.51. The van der Waals surface area contributed by atoms with Crippen LogP contribution < -0.4 is 14.5 Å². The predicted molar refractivity (Wildman–Crippen MR) is 185 cm³/mol. The van der Waals surface area contributed by atoms with E-state index in [4.69, 9.17) is 14.2 Å². The second kappa shape index (κ2) is 13.9. The summed E-state index contributed by atoms with van der Waals surface area (Å²) in [7, 11) is 0. The summed E-state index contributed by atoms with van der Waals surface area (Å²) in [5, 5.41) is 0.103. The van der Waals surface area contributed by atoms with Crippen molar-refractivity contribution in [2.75, 3.05) is 29.2 Å². The highest BCUT2D eigenvalue weighted by molar-refractivity contribution is 7.98. The molecule has 0 spiro atoms. The van der Waals surface area contributed by atoms with E-state index in [-0.39, 0.29) is 52.6 Å². The van der Waals surface area contributed by atoms with Crippen molar-refractivity contribution >= 4 is 46.5 Å². The lowest BCUT2D eigenvalue weighted by Gasteiger charge is -2.33. The van der Waals surface area contributed by atoms with E-state index in [0.29, 0.717) is 10.5 Å². The SMILES string of the molecule is CSc1nc2c3c(nc(-c4nc(C)nc(C)c4C(F)(F)F)c(F)c3n1)OCCN2[C@H](C)c1cccnc1N(C(=O)OC(C)(C)C)C(=O)OC(C)(C)C. The third-order valence-electron chi connectivity index (χ3n) is 7.55. The van der Waals surface area contributed by atoms with Crippen molar-refractivity contribution in [2.45, 2.75) is 90.9 Å². The molecule has 5 heterocycles. The van der Waals surface area contributed by atoms with Gasteiger partial charge in [-0.2, -0.15) is 18.1 Å².